The predicted molar refractivity (Wildman–Crippen MR) is 106 cm³/mol. The van der Waals surface area contributed by atoms with Crippen molar-refractivity contribution in [1.82, 2.24) is 9.78 Å². The van der Waals surface area contributed by atoms with Gasteiger partial charge in [0.25, 0.3) is 11.6 Å². The second-order valence-corrected chi connectivity index (χ2v) is 8.30. The summed E-state index contributed by atoms with van der Waals surface area (Å²) in [7, 11) is 0. The lowest BCUT2D eigenvalue weighted by Crippen LogP contribution is -2.28. The number of carbonyl (C=O) groups is 1. The largest absolute Gasteiger partial charge is 0.307 e. The number of aryl methyl sites for hydroxylation is 1. The van der Waals surface area contributed by atoms with Gasteiger partial charge in [0, 0.05) is 30.6 Å². The van der Waals surface area contributed by atoms with Crippen LogP contribution >= 0.6 is 11.3 Å². The first-order valence-electron chi connectivity index (χ1n) is 8.91. The van der Waals surface area contributed by atoms with Crippen LogP contribution in [0.25, 0.3) is 10.2 Å². The Morgan fingerprint density at radius 2 is 2.15 bits per heavy atom. The van der Waals surface area contributed by atoms with Crippen LogP contribution in [0.1, 0.15) is 34.8 Å². The molecule has 0 saturated carbocycles. The third kappa shape index (κ3) is 2.99. The van der Waals surface area contributed by atoms with E-state index >= 15 is 0 Å². The average Bonchev–Trinajstić information content (AvgIpc) is 3.29. The zero-order chi connectivity index (χ0) is 19.3. The lowest BCUT2D eigenvalue weighted by Gasteiger charge is -2.16. The Morgan fingerprint density at radius 3 is 2.85 bits per heavy atom. The van der Waals surface area contributed by atoms with E-state index in [1.165, 1.54) is 23.5 Å². The first-order valence-corrected chi connectivity index (χ1v) is 9.73. The molecule has 3 aromatic rings. The number of fused-ring (bicyclic) bond motifs is 2. The lowest BCUT2D eigenvalue weighted by molar-refractivity contribution is -0.384. The Kier molecular flexibility index (Phi) is 4.22. The standard InChI is InChI=1S/C19H20N4O3S/c1-11(2)10-22-19-15(12(3)20-22)9-17(27-19)18(24)21-7-6-13-4-5-14(23(25)26)8-16(13)21/h4-5,8-9,11H,6-7,10H2,1-3H3. The Morgan fingerprint density at radius 1 is 1.37 bits per heavy atom. The van der Waals surface area contributed by atoms with Crippen molar-refractivity contribution < 1.29 is 9.72 Å². The van der Waals surface area contributed by atoms with Crippen molar-refractivity contribution in [2.24, 2.45) is 5.92 Å². The summed E-state index contributed by atoms with van der Waals surface area (Å²) in [6.07, 6.45) is 0.712. The Hall–Kier alpha value is -2.74. The molecule has 4 rings (SSSR count). The summed E-state index contributed by atoms with van der Waals surface area (Å²) in [5.41, 5.74) is 2.54. The number of amides is 1. The number of nitro benzene ring substituents is 1. The number of carbonyl (C=O) groups excluding carboxylic acids is 1. The van der Waals surface area contributed by atoms with Crippen LogP contribution in [0.5, 0.6) is 0 Å². The predicted octanol–water partition coefficient (Wildman–Crippen LogP) is 4.17. The molecule has 1 aliphatic heterocycles. The van der Waals surface area contributed by atoms with E-state index in [9.17, 15) is 14.9 Å². The van der Waals surface area contributed by atoms with Crippen LogP contribution in [0, 0.1) is 23.0 Å². The van der Waals surface area contributed by atoms with Gasteiger partial charge in [0.1, 0.15) is 4.83 Å². The summed E-state index contributed by atoms with van der Waals surface area (Å²) in [5.74, 6) is 0.353. The number of aromatic nitrogens is 2. The number of hydrogen-bond donors (Lipinski definition) is 0. The molecular formula is C19H20N4O3S. The van der Waals surface area contributed by atoms with Crippen LogP contribution in [0.2, 0.25) is 0 Å². The van der Waals surface area contributed by atoms with Crippen molar-refractivity contribution in [1.29, 1.82) is 0 Å². The number of hydrogen-bond acceptors (Lipinski definition) is 5. The normalized spacial score (nSPS) is 13.6. The first-order chi connectivity index (χ1) is 12.8. The van der Waals surface area contributed by atoms with Gasteiger partial charge in [-0.1, -0.05) is 19.9 Å². The maximum atomic E-state index is 13.1. The van der Waals surface area contributed by atoms with Crippen molar-refractivity contribution in [3.8, 4) is 0 Å². The van der Waals surface area contributed by atoms with Gasteiger partial charge in [0.15, 0.2) is 0 Å². The third-order valence-electron chi connectivity index (χ3n) is 4.78. The summed E-state index contributed by atoms with van der Waals surface area (Å²) < 4.78 is 1.97. The fraction of sp³-hybridized carbons (Fsp3) is 0.368. The molecule has 3 heterocycles. The quantitative estimate of drug-likeness (QED) is 0.499. The molecule has 8 heteroatoms. The molecule has 0 N–H and O–H groups in total. The molecule has 0 fully saturated rings. The van der Waals surface area contributed by atoms with Crippen molar-refractivity contribution in [3.05, 3.63) is 50.5 Å². The Balaban J connectivity index is 1.71. The molecule has 27 heavy (non-hydrogen) atoms. The lowest BCUT2D eigenvalue weighted by atomic mass is 10.1. The van der Waals surface area contributed by atoms with Crippen molar-refractivity contribution >= 4 is 38.8 Å². The van der Waals surface area contributed by atoms with Gasteiger partial charge in [-0.05, 0) is 30.9 Å². The minimum atomic E-state index is -0.426. The number of nitrogens with zero attached hydrogens (tertiary/aromatic N) is 4. The van der Waals surface area contributed by atoms with Gasteiger partial charge in [-0.2, -0.15) is 5.10 Å². The highest BCUT2D eigenvalue weighted by molar-refractivity contribution is 7.20. The van der Waals surface area contributed by atoms with Gasteiger partial charge >= 0.3 is 0 Å². The van der Waals surface area contributed by atoms with Gasteiger partial charge in [-0.15, -0.1) is 11.3 Å². The summed E-state index contributed by atoms with van der Waals surface area (Å²) in [4.78, 5) is 27.1. The Bertz CT molecular complexity index is 1070. The fourth-order valence-electron chi connectivity index (χ4n) is 3.51. The first kappa shape index (κ1) is 17.7. The maximum Gasteiger partial charge on any atom is 0.271 e. The third-order valence-corrected chi connectivity index (χ3v) is 5.91. The van der Waals surface area contributed by atoms with E-state index in [1.54, 1.807) is 11.0 Å². The summed E-state index contributed by atoms with van der Waals surface area (Å²) in [6, 6.07) is 6.64. The van der Waals surface area contributed by atoms with E-state index in [0.29, 0.717) is 29.4 Å². The number of thiophene rings is 1. The van der Waals surface area contributed by atoms with E-state index in [0.717, 1.165) is 28.0 Å². The van der Waals surface area contributed by atoms with Crippen molar-refractivity contribution in [3.63, 3.8) is 0 Å². The van der Waals surface area contributed by atoms with E-state index in [4.69, 9.17) is 0 Å². The highest BCUT2D eigenvalue weighted by Gasteiger charge is 2.29. The SMILES string of the molecule is Cc1nn(CC(C)C)c2sc(C(=O)N3CCc4ccc([N+](=O)[O-])cc43)cc12. The van der Waals surface area contributed by atoms with Crippen LogP contribution in [-0.2, 0) is 13.0 Å². The number of nitro groups is 1. The molecule has 7 nitrogen and oxygen atoms in total. The number of anilines is 1. The second kappa shape index (κ2) is 6.45. The minimum Gasteiger partial charge on any atom is -0.307 e. The zero-order valence-electron chi connectivity index (χ0n) is 15.4. The monoisotopic (exact) mass is 384 g/mol. The highest BCUT2D eigenvalue weighted by atomic mass is 32.1. The fourth-order valence-corrected chi connectivity index (χ4v) is 4.63. The molecule has 140 valence electrons. The number of non-ortho nitro benzene ring substituents is 1. The average molecular weight is 384 g/mol. The van der Waals surface area contributed by atoms with Gasteiger partial charge in [0.2, 0.25) is 0 Å². The summed E-state index contributed by atoms with van der Waals surface area (Å²) in [6.45, 7) is 7.57. The van der Waals surface area contributed by atoms with Gasteiger partial charge < -0.3 is 4.90 Å². The Labute approximate surface area is 160 Å². The van der Waals surface area contributed by atoms with E-state index in [-0.39, 0.29) is 11.6 Å². The smallest absolute Gasteiger partial charge is 0.271 e. The van der Waals surface area contributed by atoms with Crippen molar-refractivity contribution in [2.75, 3.05) is 11.4 Å². The number of rotatable bonds is 4. The molecule has 0 radical (unpaired) electrons. The molecule has 0 atom stereocenters. The van der Waals surface area contributed by atoms with Crippen LogP contribution in [0.4, 0.5) is 11.4 Å². The molecule has 0 unspecified atom stereocenters. The van der Waals surface area contributed by atoms with Crippen LogP contribution in [-0.4, -0.2) is 27.2 Å². The van der Waals surface area contributed by atoms with Crippen LogP contribution in [0.15, 0.2) is 24.3 Å². The van der Waals surface area contributed by atoms with Gasteiger partial charge in [-0.3, -0.25) is 19.6 Å². The van der Waals surface area contributed by atoms with Crippen molar-refractivity contribution in [2.45, 2.75) is 33.7 Å². The second-order valence-electron chi connectivity index (χ2n) is 7.27. The molecule has 0 spiro atoms. The molecule has 1 aliphatic rings. The highest BCUT2D eigenvalue weighted by Crippen LogP contribution is 2.35. The summed E-state index contributed by atoms with van der Waals surface area (Å²) >= 11 is 1.44. The number of benzene rings is 1. The molecule has 0 saturated heterocycles. The molecule has 0 bridgehead atoms. The summed E-state index contributed by atoms with van der Waals surface area (Å²) in [5, 5.41) is 16.7. The van der Waals surface area contributed by atoms with Gasteiger partial charge in [0.05, 0.1) is 21.2 Å². The zero-order valence-corrected chi connectivity index (χ0v) is 16.2. The van der Waals surface area contributed by atoms with Crippen LogP contribution in [0.3, 0.4) is 0 Å². The topological polar surface area (TPSA) is 81.3 Å². The van der Waals surface area contributed by atoms with E-state index < -0.39 is 4.92 Å². The van der Waals surface area contributed by atoms with Gasteiger partial charge in [-0.25, -0.2) is 0 Å². The molecule has 1 aromatic carbocycles. The molecule has 1 amide bonds. The van der Waals surface area contributed by atoms with E-state index in [1.807, 2.05) is 17.7 Å². The maximum absolute atomic E-state index is 13.1. The van der Waals surface area contributed by atoms with E-state index in [2.05, 4.69) is 18.9 Å². The molecular weight excluding hydrogens is 364 g/mol. The minimum absolute atomic E-state index is 0.00760. The molecule has 0 aliphatic carbocycles. The van der Waals surface area contributed by atoms with Crippen LogP contribution < -0.4 is 4.90 Å². The molecule has 2 aromatic heterocycles.